The van der Waals surface area contributed by atoms with Crippen molar-refractivity contribution in [2.75, 3.05) is 19.3 Å². The quantitative estimate of drug-likeness (QED) is 0.793. The molecule has 0 bridgehead atoms. The summed E-state index contributed by atoms with van der Waals surface area (Å²) in [4.78, 5) is 3.83. The first kappa shape index (κ1) is 11.0. The summed E-state index contributed by atoms with van der Waals surface area (Å²) < 4.78 is 0. The molecular weight excluding hydrogens is 204 g/mol. The number of hydrogen-bond acceptors (Lipinski definition) is 3. The highest BCUT2D eigenvalue weighted by Gasteiger charge is 2.19. The summed E-state index contributed by atoms with van der Waals surface area (Å²) in [5.74, 6) is 0. The van der Waals surface area contributed by atoms with Gasteiger partial charge in [0.05, 0.1) is 0 Å². The highest BCUT2D eigenvalue weighted by Crippen LogP contribution is 2.22. The van der Waals surface area contributed by atoms with Crippen LogP contribution in [0.3, 0.4) is 0 Å². The van der Waals surface area contributed by atoms with Gasteiger partial charge in [-0.25, -0.2) is 0 Å². The van der Waals surface area contributed by atoms with Crippen LogP contribution in [0, 0.1) is 0 Å². The summed E-state index contributed by atoms with van der Waals surface area (Å²) in [6, 6.07) is 9.01. The lowest BCUT2D eigenvalue weighted by atomic mass is 10.2. The zero-order valence-electron chi connectivity index (χ0n) is 9.15. The van der Waals surface area contributed by atoms with Gasteiger partial charge in [-0.3, -0.25) is 4.90 Å². The first-order valence-corrected chi connectivity index (χ1v) is 6.62. The summed E-state index contributed by atoms with van der Waals surface area (Å²) in [6.45, 7) is 3.23. The van der Waals surface area contributed by atoms with Crippen LogP contribution in [0.2, 0.25) is 0 Å². The van der Waals surface area contributed by atoms with E-state index in [-0.39, 0.29) is 0 Å². The second kappa shape index (κ2) is 5.01. The Hall–Kier alpha value is -0.510. The Morgan fingerprint density at radius 2 is 2.27 bits per heavy atom. The van der Waals surface area contributed by atoms with Gasteiger partial charge in [-0.15, -0.1) is 11.8 Å². The van der Waals surface area contributed by atoms with Crippen LogP contribution in [-0.4, -0.2) is 30.3 Å². The van der Waals surface area contributed by atoms with Crippen LogP contribution in [-0.2, 0) is 6.54 Å². The van der Waals surface area contributed by atoms with Crippen molar-refractivity contribution in [1.29, 1.82) is 0 Å². The van der Waals surface area contributed by atoms with Crippen molar-refractivity contribution < 1.29 is 0 Å². The molecule has 0 spiro atoms. The molecular formula is C12H18N2S. The summed E-state index contributed by atoms with van der Waals surface area (Å²) in [6.07, 6.45) is 3.27. The first-order valence-electron chi connectivity index (χ1n) is 5.39. The van der Waals surface area contributed by atoms with E-state index in [2.05, 4.69) is 35.4 Å². The van der Waals surface area contributed by atoms with Crippen molar-refractivity contribution in [2.45, 2.75) is 23.9 Å². The van der Waals surface area contributed by atoms with E-state index in [1.165, 1.54) is 10.5 Å². The van der Waals surface area contributed by atoms with Gasteiger partial charge in [-0.2, -0.15) is 0 Å². The summed E-state index contributed by atoms with van der Waals surface area (Å²) in [5.41, 5.74) is 7.33. The number of rotatable bonds is 3. The topological polar surface area (TPSA) is 29.3 Å². The molecule has 1 heterocycles. The Labute approximate surface area is 95.8 Å². The third kappa shape index (κ3) is 2.74. The van der Waals surface area contributed by atoms with E-state index in [0.717, 1.165) is 26.1 Å². The van der Waals surface area contributed by atoms with Crippen molar-refractivity contribution in [1.82, 2.24) is 4.90 Å². The molecule has 1 fully saturated rings. The van der Waals surface area contributed by atoms with Gasteiger partial charge in [0.25, 0.3) is 0 Å². The lowest BCUT2D eigenvalue weighted by Gasteiger charge is -2.16. The second-order valence-corrected chi connectivity index (χ2v) is 4.94. The molecule has 0 amide bonds. The maximum Gasteiger partial charge on any atom is 0.0245 e. The maximum atomic E-state index is 5.90. The van der Waals surface area contributed by atoms with Crippen molar-refractivity contribution in [3.63, 3.8) is 0 Å². The molecule has 2 N–H and O–H groups in total. The molecule has 1 aliphatic rings. The predicted molar refractivity (Wildman–Crippen MR) is 66.1 cm³/mol. The molecule has 1 atom stereocenters. The van der Waals surface area contributed by atoms with E-state index in [9.17, 15) is 0 Å². The standard InChI is InChI=1S/C12H18N2S/c1-15-12-5-3-2-4-10(12)8-14-7-6-11(13)9-14/h2-5,11H,6-9,13H2,1H3. The highest BCUT2D eigenvalue weighted by molar-refractivity contribution is 7.98. The van der Waals surface area contributed by atoms with Gasteiger partial charge in [0, 0.05) is 30.6 Å². The highest BCUT2D eigenvalue weighted by atomic mass is 32.2. The van der Waals surface area contributed by atoms with Crippen molar-refractivity contribution in [2.24, 2.45) is 5.73 Å². The summed E-state index contributed by atoms with van der Waals surface area (Å²) >= 11 is 1.82. The zero-order valence-corrected chi connectivity index (χ0v) is 9.96. The SMILES string of the molecule is CSc1ccccc1CN1CCC(N)C1. The third-order valence-corrected chi connectivity index (χ3v) is 3.73. The molecule has 0 saturated carbocycles. The van der Waals surface area contributed by atoms with Crippen molar-refractivity contribution in [3.8, 4) is 0 Å². The molecule has 1 aromatic rings. The van der Waals surface area contributed by atoms with Crippen molar-refractivity contribution >= 4 is 11.8 Å². The monoisotopic (exact) mass is 222 g/mol. The fraction of sp³-hybridized carbons (Fsp3) is 0.500. The fourth-order valence-electron chi connectivity index (χ4n) is 2.08. The van der Waals surface area contributed by atoms with Gasteiger partial charge in [-0.05, 0) is 24.3 Å². The molecule has 1 saturated heterocycles. The van der Waals surface area contributed by atoms with E-state index in [1.807, 2.05) is 11.8 Å². The molecule has 82 valence electrons. The predicted octanol–water partition coefficient (Wildman–Crippen LogP) is 1.94. The summed E-state index contributed by atoms with van der Waals surface area (Å²) in [7, 11) is 0. The van der Waals surface area contributed by atoms with Crippen molar-refractivity contribution in [3.05, 3.63) is 29.8 Å². The van der Waals surface area contributed by atoms with Gasteiger partial charge in [0.15, 0.2) is 0 Å². The molecule has 0 aliphatic carbocycles. The van der Waals surface area contributed by atoms with Gasteiger partial charge < -0.3 is 5.73 Å². The molecule has 1 unspecified atom stereocenters. The van der Waals surface area contributed by atoms with Crippen LogP contribution in [0.25, 0.3) is 0 Å². The lowest BCUT2D eigenvalue weighted by Crippen LogP contribution is -2.26. The molecule has 0 radical (unpaired) electrons. The number of likely N-dealkylation sites (tertiary alicyclic amines) is 1. The van der Waals surface area contributed by atoms with Gasteiger partial charge in [-0.1, -0.05) is 18.2 Å². The number of benzene rings is 1. The molecule has 1 aromatic carbocycles. The van der Waals surface area contributed by atoms with E-state index in [1.54, 1.807) is 0 Å². The Bertz CT molecular complexity index is 327. The molecule has 2 nitrogen and oxygen atoms in total. The Morgan fingerprint density at radius 1 is 1.47 bits per heavy atom. The Morgan fingerprint density at radius 3 is 2.93 bits per heavy atom. The minimum atomic E-state index is 0.381. The van der Waals surface area contributed by atoms with E-state index in [4.69, 9.17) is 5.73 Å². The number of hydrogen-bond donors (Lipinski definition) is 1. The van der Waals surface area contributed by atoms with Gasteiger partial charge in [0.1, 0.15) is 0 Å². The minimum absolute atomic E-state index is 0.381. The number of nitrogens with two attached hydrogens (primary N) is 1. The molecule has 15 heavy (non-hydrogen) atoms. The second-order valence-electron chi connectivity index (χ2n) is 4.10. The minimum Gasteiger partial charge on any atom is -0.326 e. The van der Waals surface area contributed by atoms with Crippen LogP contribution in [0.4, 0.5) is 0 Å². The van der Waals surface area contributed by atoms with Crippen LogP contribution in [0.1, 0.15) is 12.0 Å². The van der Waals surface area contributed by atoms with E-state index >= 15 is 0 Å². The van der Waals surface area contributed by atoms with Crippen LogP contribution in [0.15, 0.2) is 29.2 Å². The molecule has 2 rings (SSSR count). The largest absolute Gasteiger partial charge is 0.326 e. The molecule has 1 aliphatic heterocycles. The normalized spacial score (nSPS) is 22.1. The third-order valence-electron chi connectivity index (χ3n) is 2.90. The van der Waals surface area contributed by atoms with E-state index in [0.29, 0.717) is 6.04 Å². The van der Waals surface area contributed by atoms with Crippen LogP contribution >= 0.6 is 11.8 Å². The van der Waals surface area contributed by atoms with Gasteiger partial charge >= 0.3 is 0 Å². The Balaban J connectivity index is 2.04. The smallest absolute Gasteiger partial charge is 0.0245 e. The first-order chi connectivity index (χ1) is 7.29. The van der Waals surface area contributed by atoms with Gasteiger partial charge in [0.2, 0.25) is 0 Å². The Kier molecular flexibility index (Phi) is 3.67. The molecule has 0 aromatic heterocycles. The van der Waals surface area contributed by atoms with Crippen LogP contribution < -0.4 is 5.73 Å². The van der Waals surface area contributed by atoms with E-state index < -0.39 is 0 Å². The summed E-state index contributed by atoms with van der Waals surface area (Å²) in [5, 5.41) is 0. The van der Waals surface area contributed by atoms with Crippen LogP contribution in [0.5, 0.6) is 0 Å². The zero-order chi connectivity index (χ0) is 10.7. The molecule has 3 heteroatoms. The average molecular weight is 222 g/mol. The maximum absolute atomic E-state index is 5.90. The fourth-order valence-corrected chi connectivity index (χ4v) is 2.69. The number of nitrogens with zero attached hydrogens (tertiary/aromatic N) is 1. The lowest BCUT2D eigenvalue weighted by molar-refractivity contribution is 0.324. The number of thioether (sulfide) groups is 1. The average Bonchev–Trinajstić information content (AvgIpc) is 2.65.